The number of imide groups is 1. The molecule has 0 unspecified atom stereocenters. The van der Waals surface area contributed by atoms with Gasteiger partial charge in [-0.25, -0.2) is 9.88 Å². The third-order valence-corrected chi connectivity index (χ3v) is 5.53. The molecule has 1 aromatic heterocycles. The van der Waals surface area contributed by atoms with Gasteiger partial charge in [0.1, 0.15) is 21.6 Å². The van der Waals surface area contributed by atoms with E-state index < -0.39 is 11.8 Å². The molecule has 0 bridgehead atoms. The van der Waals surface area contributed by atoms with Crippen LogP contribution in [0.15, 0.2) is 53.3 Å². The number of hydrogen-bond acceptors (Lipinski definition) is 6. The molecule has 2 aliphatic heterocycles. The van der Waals surface area contributed by atoms with Gasteiger partial charge in [0, 0.05) is 44.1 Å². The van der Waals surface area contributed by atoms with Crippen molar-refractivity contribution >= 4 is 46.4 Å². The quantitative estimate of drug-likeness (QED) is 0.546. The number of carbonyl (C=O) groups excluding carboxylic acids is 2. The Labute approximate surface area is 178 Å². The molecule has 0 saturated carbocycles. The summed E-state index contributed by atoms with van der Waals surface area (Å²) in [6.07, 6.45) is 1.44. The van der Waals surface area contributed by atoms with Crippen molar-refractivity contribution in [2.75, 3.05) is 43.1 Å². The van der Waals surface area contributed by atoms with Gasteiger partial charge in [0.2, 0.25) is 0 Å². The number of piperazine rings is 1. The maximum absolute atomic E-state index is 13.0. The molecule has 9 heteroatoms. The smallest absolute Gasteiger partial charge is 0.283 e. The Morgan fingerprint density at radius 2 is 1.66 bits per heavy atom. The molecule has 7 nitrogen and oxygen atoms in total. The largest absolute Gasteiger partial charge is 0.497 e. The molecule has 1 fully saturated rings. The summed E-state index contributed by atoms with van der Waals surface area (Å²) < 4.78 is 5.29. The normalized spacial score (nSPS) is 17.4. The molecule has 1 saturated heterocycles. The van der Waals surface area contributed by atoms with Crippen LogP contribution in [0.5, 0.6) is 5.75 Å². The Morgan fingerprint density at radius 1 is 0.931 bits per heavy atom. The number of hydrogen-bond donors (Lipinski definition) is 0. The average molecular weight is 433 g/mol. The fourth-order valence-corrected chi connectivity index (χ4v) is 3.98. The van der Waals surface area contributed by atoms with E-state index in [2.05, 4.69) is 9.88 Å². The lowest BCUT2D eigenvalue weighted by Gasteiger charge is -2.37. The fraction of sp³-hybridized carbons (Fsp3) is 0.250. The summed E-state index contributed by atoms with van der Waals surface area (Å²) in [5, 5.41) is 0.123. The van der Waals surface area contributed by atoms with Crippen molar-refractivity contribution in [1.29, 1.82) is 0 Å². The van der Waals surface area contributed by atoms with E-state index >= 15 is 0 Å². The zero-order valence-corrected chi connectivity index (χ0v) is 17.2. The second kappa shape index (κ2) is 7.93. The van der Waals surface area contributed by atoms with Gasteiger partial charge in [-0.2, -0.15) is 0 Å². The number of anilines is 2. The van der Waals surface area contributed by atoms with Crippen LogP contribution in [0.3, 0.4) is 0 Å². The van der Waals surface area contributed by atoms with Gasteiger partial charge in [-0.3, -0.25) is 9.59 Å². The lowest BCUT2D eigenvalue weighted by molar-refractivity contribution is -0.121. The second-order valence-corrected chi connectivity index (χ2v) is 7.39. The standard InChI is InChI=1S/C20H18Cl2N4O3/c1-29-15-4-2-3-13(11-15)24-7-9-25(10-8-24)18-17(22)19(27)26(20(18)28)14-5-6-23-16(21)12-14/h2-6,11-12H,7-10H2,1H3. The van der Waals surface area contributed by atoms with Crippen molar-refractivity contribution in [3.8, 4) is 5.75 Å². The van der Waals surface area contributed by atoms with Gasteiger partial charge in [-0.1, -0.05) is 29.3 Å². The van der Waals surface area contributed by atoms with Crippen molar-refractivity contribution in [1.82, 2.24) is 9.88 Å². The van der Waals surface area contributed by atoms with E-state index in [1.807, 2.05) is 29.2 Å². The molecule has 4 rings (SSSR count). The molecular formula is C20H18Cl2N4O3. The highest BCUT2D eigenvalue weighted by molar-refractivity contribution is 6.52. The Bertz CT molecular complexity index is 1000. The molecule has 2 aromatic rings. The number of aromatic nitrogens is 1. The molecule has 0 aliphatic carbocycles. The van der Waals surface area contributed by atoms with Crippen molar-refractivity contribution < 1.29 is 14.3 Å². The van der Waals surface area contributed by atoms with Crippen LogP contribution < -0.4 is 14.5 Å². The molecule has 0 N–H and O–H groups in total. The highest BCUT2D eigenvalue weighted by Crippen LogP contribution is 2.32. The number of amides is 2. The van der Waals surface area contributed by atoms with Crippen LogP contribution in [-0.2, 0) is 9.59 Å². The zero-order valence-electron chi connectivity index (χ0n) is 15.6. The number of benzene rings is 1. The molecule has 2 amide bonds. The topological polar surface area (TPSA) is 66.0 Å². The van der Waals surface area contributed by atoms with E-state index in [-0.39, 0.29) is 15.9 Å². The van der Waals surface area contributed by atoms with Gasteiger partial charge in [0.05, 0.1) is 12.8 Å². The Balaban J connectivity index is 1.50. The van der Waals surface area contributed by atoms with Crippen molar-refractivity contribution in [3.63, 3.8) is 0 Å². The van der Waals surface area contributed by atoms with Gasteiger partial charge < -0.3 is 14.5 Å². The SMILES string of the molecule is COc1cccc(N2CCN(C3=C(Cl)C(=O)N(c4ccnc(Cl)c4)C3=O)CC2)c1. The average Bonchev–Trinajstić information content (AvgIpc) is 2.96. The van der Waals surface area contributed by atoms with Crippen LogP contribution >= 0.6 is 23.2 Å². The van der Waals surface area contributed by atoms with Gasteiger partial charge in [-0.15, -0.1) is 0 Å². The molecule has 3 heterocycles. The van der Waals surface area contributed by atoms with Crippen LogP contribution in [0.2, 0.25) is 5.15 Å². The van der Waals surface area contributed by atoms with E-state index in [0.717, 1.165) is 16.3 Å². The first-order chi connectivity index (χ1) is 14.0. The summed E-state index contributed by atoms with van der Waals surface area (Å²) in [5.74, 6) is -0.208. The molecule has 0 radical (unpaired) electrons. The predicted molar refractivity (Wildman–Crippen MR) is 111 cm³/mol. The van der Waals surface area contributed by atoms with Crippen LogP contribution in [0, 0.1) is 0 Å². The molecule has 1 aromatic carbocycles. The minimum atomic E-state index is -0.552. The van der Waals surface area contributed by atoms with E-state index in [9.17, 15) is 9.59 Å². The van der Waals surface area contributed by atoms with Gasteiger partial charge in [0.15, 0.2) is 0 Å². The first-order valence-corrected chi connectivity index (χ1v) is 9.79. The molecule has 150 valence electrons. The molecular weight excluding hydrogens is 415 g/mol. The number of methoxy groups -OCH3 is 1. The van der Waals surface area contributed by atoms with E-state index in [0.29, 0.717) is 31.9 Å². The number of ether oxygens (including phenoxy) is 1. The van der Waals surface area contributed by atoms with Crippen LogP contribution in [-0.4, -0.2) is 55.0 Å². The lowest BCUT2D eigenvalue weighted by atomic mass is 10.2. The van der Waals surface area contributed by atoms with Crippen molar-refractivity contribution in [3.05, 3.63) is 58.5 Å². The Hall–Kier alpha value is -2.77. The summed E-state index contributed by atoms with van der Waals surface area (Å²) in [7, 11) is 1.63. The molecule has 2 aliphatic rings. The van der Waals surface area contributed by atoms with Crippen molar-refractivity contribution in [2.45, 2.75) is 0 Å². The Morgan fingerprint density at radius 3 is 2.34 bits per heavy atom. The highest BCUT2D eigenvalue weighted by Gasteiger charge is 2.42. The van der Waals surface area contributed by atoms with E-state index in [4.69, 9.17) is 27.9 Å². The van der Waals surface area contributed by atoms with E-state index in [1.54, 1.807) is 13.2 Å². The maximum Gasteiger partial charge on any atom is 0.283 e. The van der Waals surface area contributed by atoms with Gasteiger partial charge >= 0.3 is 0 Å². The third-order valence-electron chi connectivity index (χ3n) is 4.99. The molecule has 0 spiro atoms. The van der Waals surface area contributed by atoms with Gasteiger partial charge in [-0.05, 0) is 24.3 Å². The second-order valence-electron chi connectivity index (χ2n) is 6.62. The summed E-state index contributed by atoms with van der Waals surface area (Å²) in [6, 6.07) is 10.8. The summed E-state index contributed by atoms with van der Waals surface area (Å²) >= 11 is 12.2. The number of pyridine rings is 1. The monoisotopic (exact) mass is 432 g/mol. The lowest BCUT2D eigenvalue weighted by Crippen LogP contribution is -2.47. The zero-order chi connectivity index (χ0) is 20.5. The predicted octanol–water partition coefficient (Wildman–Crippen LogP) is 2.89. The number of nitrogens with zero attached hydrogens (tertiary/aromatic N) is 4. The first-order valence-electron chi connectivity index (χ1n) is 9.03. The summed E-state index contributed by atoms with van der Waals surface area (Å²) in [6.45, 7) is 2.49. The fourth-order valence-electron chi connectivity index (χ4n) is 3.53. The van der Waals surface area contributed by atoms with Crippen molar-refractivity contribution in [2.24, 2.45) is 0 Å². The minimum Gasteiger partial charge on any atom is -0.497 e. The Kier molecular flexibility index (Phi) is 5.34. The van der Waals surface area contributed by atoms with E-state index in [1.165, 1.54) is 12.3 Å². The van der Waals surface area contributed by atoms with Gasteiger partial charge in [0.25, 0.3) is 11.8 Å². The maximum atomic E-state index is 13.0. The number of halogens is 2. The highest BCUT2D eigenvalue weighted by atomic mass is 35.5. The number of carbonyl (C=O) groups is 2. The summed E-state index contributed by atoms with van der Waals surface area (Å²) in [4.78, 5) is 34.6. The van der Waals surface area contributed by atoms with Crippen LogP contribution in [0.25, 0.3) is 0 Å². The van der Waals surface area contributed by atoms with Crippen LogP contribution in [0.4, 0.5) is 11.4 Å². The van der Waals surface area contributed by atoms with Crippen LogP contribution in [0.1, 0.15) is 0 Å². The first kappa shape index (κ1) is 19.5. The summed E-state index contributed by atoms with van der Waals surface area (Å²) in [5.41, 5.74) is 1.63. The molecule has 0 atom stereocenters. The molecule has 29 heavy (non-hydrogen) atoms. The number of rotatable bonds is 4. The third kappa shape index (κ3) is 3.63. The minimum absolute atomic E-state index is 0.0715.